The van der Waals surface area contributed by atoms with E-state index < -0.39 is 0 Å². The van der Waals surface area contributed by atoms with Crippen molar-refractivity contribution in [3.05, 3.63) is 47.5 Å². The minimum atomic E-state index is -0.259. The molecule has 22 heavy (non-hydrogen) atoms. The number of nitrogens with one attached hydrogen (secondary N) is 1. The van der Waals surface area contributed by atoms with Crippen LogP contribution in [0, 0.1) is 0 Å². The van der Waals surface area contributed by atoms with Crippen molar-refractivity contribution in [2.45, 2.75) is 12.8 Å². The summed E-state index contributed by atoms with van der Waals surface area (Å²) in [7, 11) is 0. The van der Waals surface area contributed by atoms with Gasteiger partial charge in [0.25, 0.3) is 17.7 Å². The molecule has 3 rings (SSSR count). The molecule has 0 unspecified atom stereocenters. The van der Waals surface area contributed by atoms with Gasteiger partial charge in [0.2, 0.25) is 0 Å². The maximum absolute atomic E-state index is 12.0. The number of amides is 3. The Hall–Kier alpha value is -2.69. The Morgan fingerprint density at radius 2 is 1.77 bits per heavy atom. The van der Waals surface area contributed by atoms with Crippen molar-refractivity contribution in [1.82, 2.24) is 10.2 Å². The van der Waals surface area contributed by atoms with Gasteiger partial charge in [-0.2, -0.15) is 0 Å². The summed E-state index contributed by atoms with van der Waals surface area (Å²) in [5.41, 5.74) is 2.79. The Bertz CT molecular complexity index is 686. The van der Waals surface area contributed by atoms with Gasteiger partial charge in [-0.1, -0.05) is 24.3 Å². The lowest BCUT2D eigenvalue weighted by Gasteiger charge is -2.19. The first-order chi connectivity index (χ1) is 10.7. The molecule has 1 aromatic carbocycles. The zero-order chi connectivity index (χ0) is 15.5. The van der Waals surface area contributed by atoms with Crippen LogP contribution < -0.4 is 5.32 Å². The van der Waals surface area contributed by atoms with E-state index in [1.807, 2.05) is 30.3 Å². The van der Waals surface area contributed by atoms with E-state index in [0.717, 1.165) is 17.5 Å². The second kappa shape index (κ2) is 5.97. The summed E-state index contributed by atoms with van der Waals surface area (Å²) >= 11 is 0. The second-order valence-electron chi connectivity index (χ2n) is 5.27. The van der Waals surface area contributed by atoms with Gasteiger partial charge in [-0.25, -0.2) is 0 Å². The summed E-state index contributed by atoms with van der Waals surface area (Å²) in [4.78, 5) is 35.9. The summed E-state index contributed by atoms with van der Waals surface area (Å²) in [5, 5.41) is 2.86. The van der Waals surface area contributed by atoms with Gasteiger partial charge in [0.15, 0.2) is 0 Å². The fraction of sp³-hybridized carbons (Fsp3) is 0.235. The number of unbranched alkanes of at least 4 members (excludes halogenated alkanes) is 1. The zero-order valence-electron chi connectivity index (χ0n) is 12.0. The van der Waals surface area contributed by atoms with Crippen molar-refractivity contribution in [3.63, 3.8) is 0 Å². The van der Waals surface area contributed by atoms with Gasteiger partial charge < -0.3 is 5.32 Å². The molecule has 0 bridgehead atoms. The Morgan fingerprint density at radius 1 is 1.05 bits per heavy atom. The Labute approximate surface area is 128 Å². The highest BCUT2D eigenvalue weighted by Crippen LogP contribution is 2.31. The first-order valence-corrected chi connectivity index (χ1v) is 7.29. The summed E-state index contributed by atoms with van der Waals surface area (Å²) in [6.07, 6.45) is 5.83. The zero-order valence-corrected chi connectivity index (χ0v) is 12.0. The molecule has 0 radical (unpaired) electrons. The van der Waals surface area contributed by atoms with Gasteiger partial charge >= 0.3 is 0 Å². The average molecular weight is 296 g/mol. The van der Waals surface area contributed by atoms with Gasteiger partial charge in [0.05, 0.1) is 0 Å². The molecule has 0 saturated heterocycles. The van der Waals surface area contributed by atoms with Crippen molar-refractivity contribution in [2.24, 2.45) is 0 Å². The van der Waals surface area contributed by atoms with Gasteiger partial charge in [-0.15, -0.1) is 0 Å². The largest absolute Gasteiger partial charge is 0.352 e. The number of carbonyl (C=O) groups is 3. The lowest BCUT2D eigenvalue weighted by Crippen LogP contribution is -2.32. The second-order valence-corrected chi connectivity index (χ2v) is 5.27. The molecule has 2 aliphatic rings. The van der Waals surface area contributed by atoms with Crippen molar-refractivity contribution in [2.75, 3.05) is 13.1 Å². The smallest absolute Gasteiger partial charge is 0.253 e. The number of imide groups is 1. The number of carbonyl (C=O) groups excluding carboxylic acids is 3. The highest BCUT2D eigenvalue weighted by atomic mass is 16.2. The number of rotatable bonds is 6. The Kier molecular flexibility index (Phi) is 3.87. The number of benzene rings is 1. The van der Waals surface area contributed by atoms with E-state index in [2.05, 4.69) is 5.32 Å². The molecule has 1 heterocycles. The molecule has 0 spiro atoms. The third-order valence-corrected chi connectivity index (χ3v) is 3.79. The lowest BCUT2D eigenvalue weighted by atomic mass is 9.88. The number of nitrogens with zero attached hydrogens (tertiary/aromatic N) is 1. The van der Waals surface area contributed by atoms with Crippen LogP contribution in [0.5, 0.6) is 0 Å². The molecule has 1 N–H and O–H groups in total. The molecule has 5 nitrogen and oxygen atoms in total. The average Bonchev–Trinajstić information content (AvgIpc) is 2.79. The summed E-state index contributed by atoms with van der Waals surface area (Å²) in [5.74, 6) is -0.593. The summed E-state index contributed by atoms with van der Waals surface area (Å²) in [6, 6.07) is 7.77. The van der Waals surface area contributed by atoms with Crippen LogP contribution in [0.25, 0.3) is 11.6 Å². The molecule has 0 saturated carbocycles. The quantitative estimate of drug-likeness (QED) is 0.637. The van der Waals surface area contributed by atoms with Crippen molar-refractivity contribution in [1.29, 1.82) is 0 Å². The third kappa shape index (κ3) is 2.70. The van der Waals surface area contributed by atoms with Crippen molar-refractivity contribution >= 4 is 29.4 Å². The van der Waals surface area contributed by atoms with Crippen molar-refractivity contribution < 1.29 is 14.4 Å². The van der Waals surface area contributed by atoms with E-state index in [-0.39, 0.29) is 17.7 Å². The van der Waals surface area contributed by atoms with Crippen molar-refractivity contribution in [3.8, 4) is 0 Å². The van der Waals surface area contributed by atoms with Gasteiger partial charge in [-0.05, 0) is 30.0 Å². The SMILES string of the molecule is O=C(NCCCCN1C(=O)C=CC1=O)C1=Cc2ccccc21. The molecular weight excluding hydrogens is 280 g/mol. The molecular formula is C17H16N2O3. The van der Waals surface area contributed by atoms with E-state index in [0.29, 0.717) is 25.1 Å². The van der Waals surface area contributed by atoms with Crippen LogP contribution in [0.4, 0.5) is 0 Å². The molecule has 0 aromatic heterocycles. The molecule has 1 aliphatic carbocycles. The van der Waals surface area contributed by atoms with Crippen LogP contribution in [0.2, 0.25) is 0 Å². The van der Waals surface area contributed by atoms with Gasteiger partial charge in [-0.3, -0.25) is 19.3 Å². The summed E-state index contributed by atoms with van der Waals surface area (Å²) < 4.78 is 0. The summed E-state index contributed by atoms with van der Waals surface area (Å²) in [6.45, 7) is 0.925. The highest BCUT2D eigenvalue weighted by molar-refractivity contribution is 6.29. The van der Waals surface area contributed by atoms with E-state index in [1.165, 1.54) is 17.1 Å². The van der Waals surface area contributed by atoms with Crippen LogP contribution >= 0.6 is 0 Å². The Balaban J connectivity index is 1.37. The molecule has 0 fully saturated rings. The fourth-order valence-electron chi connectivity index (χ4n) is 2.56. The molecule has 112 valence electrons. The monoisotopic (exact) mass is 296 g/mol. The predicted octanol–water partition coefficient (Wildman–Crippen LogP) is 1.36. The van der Waals surface area contributed by atoms with E-state index in [1.54, 1.807) is 0 Å². The standard InChI is InChI=1S/C17H16N2O3/c20-15-7-8-16(21)19(15)10-4-3-9-18-17(22)14-11-12-5-1-2-6-13(12)14/h1-2,5-8,11H,3-4,9-10H2,(H,18,22). The topological polar surface area (TPSA) is 66.5 Å². The van der Waals surface area contributed by atoms with E-state index in [4.69, 9.17) is 0 Å². The first kappa shape index (κ1) is 14.3. The van der Waals surface area contributed by atoms with E-state index in [9.17, 15) is 14.4 Å². The number of hydrogen-bond acceptors (Lipinski definition) is 3. The maximum Gasteiger partial charge on any atom is 0.253 e. The molecule has 3 amide bonds. The predicted molar refractivity (Wildman–Crippen MR) is 82.4 cm³/mol. The van der Waals surface area contributed by atoms with Crippen LogP contribution in [0.15, 0.2) is 36.4 Å². The van der Waals surface area contributed by atoms with Gasteiger partial charge in [0.1, 0.15) is 0 Å². The normalized spacial score (nSPS) is 15.5. The first-order valence-electron chi connectivity index (χ1n) is 7.29. The maximum atomic E-state index is 12.0. The Morgan fingerprint density at radius 3 is 2.50 bits per heavy atom. The highest BCUT2D eigenvalue weighted by Gasteiger charge is 2.23. The van der Waals surface area contributed by atoms with Gasteiger partial charge in [0, 0.05) is 30.8 Å². The van der Waals surface area contributed by atoms with Crippen LogP contribution in [0.1, 0.15) is 24.0 Å². The third-order valence-electron chi connectivity index (χ3n) is 3.79. The molecule has 5 heteroatoms. The molecule has 0 atom stereocenters. The lowest BCUT2D eigenvalue weighted by molar-refractivity contribution is -0.136. The van der Waals surface area contributed by atoms with Crippen LogP contribution in [0.3, 0.4) is 0 Å². The fourth-order valence-corrected chi connectivity index (χ4v) is 2.56. The number of hydrogen-bond donors (Lipinski definition) is 1. The number of fused-ring (bicyclic) bond motifs is 1. The molecule has 1 aliphatic heterocycles. The minimum Gasteiger partial charge on any atom is -0.352 e. The van der Waals surface area contributed by atoms with Crippen LogP contribution in [-0.4, -0.2) is 35.7 Å². The van der Waals surface area contributed by atoms with Crippen LogP contribution in [-0.2, 0) is 14.4 Å². The molecule has 1 aromatic rings. The minimum absolute atomic E-state index is 0.0753. The van der Waals surface area contributed by atoms with E-state index >= 15 is 0 Å².